The third-order valence-corrected chi connectivity index (χ3v) is 4.90. The third kappa shape index (κ3) is 5.60. The quantitative estimate of drug-likeness (QED) is 0.398. The molecule has 0 radical (unpaired) electrons. The second kappa shape index (κ2) is 7.64. The van der Waals surface area contributed by atoms with E-state index in [9.17, 15) is 21.6 Å². The lowest BCUT2D eigenvalue weighted by atomic mass is 9.84. The first kappa shape index (κ1) is 17.8. The summed E-state index contributed by atoms with van der Waals surface area (Å²) in [7, 11) is -5.44. The third-order valence-electron chi connectivity index (χ3n) is 3.81. The molecule has 1 fully saturated rings. The molecule has 1 aliphatic carbocycles. The predicted molar refractivity (Wildman–Crippen MR) is 70.6 cm³/mol. The Balaban J connectivity index is 2.29. The molecular formula is C13H23F3O3S. The lowest BCUT2D eigenvalue weighted by Gasteiger charge is -2.28. The fourth-order valence-corrected chi connectivity index (χ4v) is 3.27. The molecule has 0 heterocycles. The van der Waals surface area contributed by atoms with E-state index in [0.29, 0.717) is 18.8 Å². The molecule has 0 aromatic rings. The van der Waals surface area contributed by atoms with Gasteiger partial charge in [-0.25, -0.2) is 0 Å². The lowest BCUT2D eigenvalue weighted by molar-refractivity contribution is -0.0590. The summed E-state index contributed by atoms with van der Waals surface area (Å²) in [5.41, 5.74) is -5.32. The van der Waals surface area contributed by atoms with Crippen molar-refractivity contribution in [2.24, 2.45) is 5.92 Å². The Morgan fingerprint density at radius 3 is 2.15 bits per heavy atom. The molecule has 0 bridgehead atoms. The maximum atomic E-state index is 12.2. The fourth-order valence-electron chi connectivity index (χ4n) is 2.61. The average molecular weight is 316 g/mol. The highest BCUT2D eigenvalue weighted by Gasteiger charge is 2.48. The number of hydrogen-bond donors (Lipinski definition) is 0. The van der Waals surface area contributed by atoms with Gasteiger partial charge in [-0.05, 0) is 31.6 Å². The van der Waals surface area contributed by atoms with Gasteiger partial charge in [-0.2, -0.15) is 21.6 Å². The average Bonchev–Trinajstić information content (AvgIpc) is 2.35. The standard InChI is InChI=1S/C13H23F3O3S/c1-2-3-4-5-6-11-7-9-12(10-8-11)19-20(17,18)13(14,15)16/h11-12H,2-10H2,1H3. The zero-order valence-corrected chi connectivity index (χ0v) is 12.6. The second-order valence-corrected chi connectivity index (χ2v) is 7.05. The van der Waals surface area contributed by atoms with Gasteiger partial charge >= 0.3 is 15.6 Å². The van der Waals surface area contributed by atoms with Crippen molar-refractivity contribution in [3.05, 3.63) is 0 Å². The molecule has 0 atom stereocenters. The van der Waals surface area contributed by atoms with Gasteiger partial charge in [0.1, 0.15) is 0 Å². The first-order valence-electron chi connectivity index (χ1n) is 7.26. The molecule has 1 rings (SSSR count). The second-order valence-electron chi connectivity index (χ2n) is 5.49. The normalized spacial score (nSPS) is 24.8. The first-order valence-corrected chi connectivity index (χ1v) is 8.66. The van der Waals surface area contributed by atoms with Crippen LogP contribution in [0, 0.1) is 5.92 Å². The van der Waals surface area contributed by atoms with E-state index in [1.54, 1.807) is 0 Å². The van der Waals surface area contributed by atoms with Crippen molar-refractivity contribution in [2.45, 2.75) is 76.3 Å². The van der Waals surface area contributed by atoms with E-state index in [2.05, 4.69) is 11.1 Å². The topological polar surface area (TPSA) is 43.4 Å². The van der Waals surface area contributed by atoms with Gasteiger partial charge < -0.3 is 0 Å². The van der Waals surface area contributed by atoms with E-state index in [1.165, 1.54) is 19.3 Å². The highest BCUT2D eigenvalue weighted by Crippen LogP contribution is 2.33. The molecule has 20 heavy (non-hydrogen) atoms. The van der Waals surface area contributed by atoms with Crippen molar-refractivity contribution >= 4 is 10.1 Å². The Labute approximate surface area is 119 Å². The van der Waals surface area contributed by atoms with Gasteiger partial charge in [0, 0.05) is 0 Å². The molecule has 0 N–H and O–H groups in total. The van der Waals surface area contributed by atoms with Crippen LogP contribution in [0.15, 0.2) is 0 Å². The zero-order valence-electron chi connectivity index (χ0n) is 11.8. The molecule has 1 saturated carbocycles. The number of alkyl halides is 3. The van der Waals surface area contributed by atoms with E-state index in [4.69, 9.17) is 0 Å². The highest BCUT2D eigenvalue weighted by molar-refractivity contribution is 7.87. The van der Waals surface area contributed by atoms with Gasteiger partial charge in [-0.15, -0.1) is 0 Å². The molecule has 3 nitrogen and oxygen atoms in total. The lowest BCUT2D eigenvalue weighted by Crippen LogP contribution is -2.32. The number of halogens is 3. The van der Waals surface area contributed by atoms with Gasteiger partial charge in [0.25, 0.3) is 0 Å². The van der Waals surface area contributed by atoms with Crippen LogP contribution in [0.3, 0.4) is 0 Å². The Morgan fingerprint density at radius 2 is 1.65 bits per heavy atom. The maximum Gasteiger partial charge on any atom is 0.523 e. The van der Waals surface area contributed by atoms with Crippen molar-refractivity contribution in [1.29, 1.82) is 0 Å². The van der Waals surface area contributed by atoms with E-state index >= 15 is 0 Å². The van der Waals surface area contributed by atoms with Crippen molar-refractivity contribution < 1.29 is 25.8 Å². The first-order chi connectivity index (χ1) is 9.26. The molecule has 0 aromatic carbocycles. The largest absolute Gasteiger partial charge is 0.523 e. The molecule has 7 heteroatoms. The van der Waals surface area contributed by atoms with E-state index in [1.807, 2.05) is 0 Å². The molecule has 0 aromatic heterocycles. The number of unbranched alkanes of at least 4 members (excludes halogenated alkanes) is 3. The summed E-state index contributed by atoms with van der Waals surface area (Å²) in [4.78, 5) is 0. The Hall–Kier alpha value is -0.300. The van der Waals surface area contributed by atoms with Gasteiger partial charge in [-0.3, -0.25) is 4.18 Å². The summed E-state index contributed by atoms with van der Waals surface area (Å²) in [5.74, 6) is 0.500. The summed E-state index contributed by atoms with van der Waals surface area (Å²) >= 11 is 0. The summed E-state index contributed by atoms with van der Waals surface area (Å²) < 4.78 is 62.7. The molecular weight excluding hydrogens is 293 g/mol. The van der Waals surface area contributed by atoms with Crippen LogP contribution >= 0.6 is 0 Å². The Morgan fingerprint density at radius 1 is 1.05 bits per heavy atom. The summed E-state index contributed by atoms with van der Waals surface area (Å²) in [6.45, 7) is 2.14. The van der Waals surface area contributed by atoms with E-state index in [0.717, 1.165) is 25.7 Å². The Bertz CT molecular complexity index is 371. The highest BCUT2D eigenvalue weighted by atomic mass is 32.2. The van der Waals surface area contributed by atoms with Crippen molar-refractivity contribution in [3.8, 4) is 0 Å². The summed E-state index contributed by atoms with van der Waals surface area (Å²) in [6, 6.07) is 0. The van der Waals surface area contributed by atoms with E-state index < -0.39 is 21.7 Å². The SMILES string of the molecule is CCCCCCC1CCC(OS(=O)(=O)C(F)(F)F)CC1. The molecule has 120 valence electrons. The van der Waals surface area contributed by atoms with Gasteiger partial charge in [0.15, 0.2) is 0 Å². The van der Waals surface area contributed by atoms with Crippen LogP contribution in [0.25, 0.3) is 0 Å². The minimum atomic E-state index is -5.44. The van der Waals surface area contributed by atoms with Crippen LogP contribution < -0.4 is 0 Å². The van der Waals surface area contributed by atoms with Crippen molar-refractivity contribution in [2.75, 3.05) is 0 Å². The molecule has 0 aliphatic heterocycles. The van der Waals surface area contributed by atoms with Crippen LogP contribution in [0.1, 0.15) is 64.7 Å². The number of rotatable bonds is 7. The number of hydrogen-bond acceptors (Lipinski definition) is 3. The van der Waals surface area contributed by atoms with Gasteiger partial charge in [0.2, 0.25) is 0 Å². The molecule has 0 spiro atoms. The van der Waals surface area contributed by atoms with Crippen LogP contribution in [0.4, 0.5) is 13.2 Å². The van der Waals surface area contributed by atoms with Gasteiger partial charge in [-0.1, -0.05) is 39.0 Å². The molecule has 0 unspecified atom stereocenters. The maximum absolute atomic E-state index is 12.2. The summed E-state index contributed by atoms with van der Waals surface area (Å²) in [5, 5.41) is 0. The molecule has 0 saturated heterocycles. The minimum absolute atomic E-state index is 0.397. The summed E-state index contributed by atoms with van der Waals surface area (Å²) in [6.07, 6.45) is 7.29. The van der Waals surface area contributed by atoms with Crippen LogP contribution in [0.2, 0.25) is 0 Å². The van der Waals surface area contributed by atoms with Crippen molar-refractivity contribution in [3.63, 3.8) is 0 Å². The van der Waals surface area contributed by atoms with Crippen molar-refractivity contribution in [1.82, 2.24) is 0 Å². The van der Waals surface area contributed by atoms with E-state index in [-0.39, 0.29) is 0 Å². The fraction of sp³-hybridized carbons (Fsp3) is 1.00. The smallest absolute Gasteiger partial charge is 0.260 e. The minimum Gasteiger partial charge on any atom is -0.260 e. The zero-order chi connectivity index (χ0) is 15.2. The molecule has 0 amide bonds. The predicted octanol–water partition coefficient (Wildman–Crippen LogP) is 4.38. The monoisotopic (exact) mass is 316 g/mol. The van der Waals surface area contributed by atoms with Crippen LogP contribution in [-0.4, -0.2) is 20.0 Å². The van der Waals surface area contributed by atoms with Crippen LogP contribution in [0.5, 0.6) is 0 Å². The Kier molecular flexibility index (Phi) is 6.78. The van der Waals surface area contributed by atoms with Crippen LogP contribution in [-0.2, 0) is 14.3 Å². The van der Waals surface area contributed by atoms with Gasteiger partial charge in [0.05, 0.1) is 6.10 Å². The molecule has 1 aliphatic rings.